The molecule has 1 aliphatic heterocycles. The summed E-state index contributed by atoms with van der Waals surface area (Å²) >= 11 is 0. The average molecular weight is 357 g/mol. The van der Waals surface area contributed by atoms with Gasteiger partial charge < -0.3 is 21.3 Å². The number of hydrogen-bond acceptors (Lipinski definition) is 6. The molecule has 0 aromatic carbocycles. The van der Waals surface area contributed by atoms with E-state index in [4.69, 9.17) is 10.8 Å². The van der Waals surface area contributed by atoms with Crippen LogP contribution in [0.5, 0.6) is 0 Å². The Balaban J connectivity index is 3.09. The lowest BCUT2D eigenvalue weighted by Crippen LogP contribution is -2.58. The Kier molecular flexibility index (Phi) is 7.98. The number of aliphatic carboxylic acids is 2. The summed E-state index contributed by atoms with van der Waals surface area (Å²) in [5, 5.41) is 21.2. The van der Waals surface area contributed by atoms with Gasteiger partial charge in [0.2, 0.25) is 11.8 Å². The van der Waals surface area contributed by atoms with Crippen molar-refractivity contribution in [3.63, 3.8) is 0 Å². The van der Waals surface area contributed by atoms with Crippen molar-refractivity contribution in [2.75, 3.05) is 6.54 Å². The number of nitrogens with zero attached hydrogens (tertiary/aromatic N) is 1. The van der Waals surface area contributed by atoms with E-state index in [0.29, 0.717) is 24.3 Å². The van der Waals surface area contributed by atoms with Crippen LogP contribution in [-0.4, -0.2) is 63.5 Å². The van der Waals surface area contributed by atoms with Gasteiger partial charge >= 0.3 is 11.9 Å². The lowest BCUT2D eigenvalue weighted by atomic mass is 10.0. The van der Waals surface area contributed by atoms with E-state index in [1.165, 1.54) is 0 Å². The SMILES string of the molecule is CC(C)CC(N)C(=O)N(C(=O)C1CCCN1)C(CCC(=O)O)C(=O)O. The Morgan fingerprint density at radius 2 is 1.88 bits per heavy atom. The first-order valence-electron chi connectivity index (χ1n) is 8.45. The molecule has 0 aliphatic carbocycles. The van der Waals surface area contributed by atoms with E-state index in [1.54, 1.807) is 0 Å². The van der Waals surface area contributed by atoms with Crippen molar-refractivity contribution < 1.29 is 29.4 Å². The number of nitrogens with two attached hydrogens (primary N) is 1. The molecule has 1 fully saturated rings. The zero-order chi connectivity index (χ0) is 19.1. The molecule has 3 unspecified atom stereocenters. The highest BCUT2D eigenvalue weighted by Gasteiger charge is 2.40. The molecule has 0 aromatic heterocycles. The van der Waals surface area contributed by atoms with Crippen LogP contribution in [0, 0.1) is 5.92 Å². The van der Waals surface area contributed by atoms with Crippen molar-refractivity contribution in [1.29, 1.82) is 0 Å². The van der Waals surface area contributed by atoms with Crippen LogP contribution in [-0.2, 0) is 19.2 Å². The van der Waals surface area contributed by atoms with E-state index in [9.17, 15) is 24.3 Å². The first-order valence-corrected chi connectivity index (χ1v) is 8.45. The quantitative estimate of drug-likeness (QED) is 0.442. The zero-order valence-electron chi connectivity index (χ0n) is 14.6. The van der Waals surface area contributed by atoms with Crippen LogP contribution >= 0.6 is 0 Å². The highest BCUT2D eigenvalue weighted by atomic mass is 16.4. The van der Waals surface area contributed by atoms with Crippen molar-refractivity contribution >= 4 is 23.8 Å². The number of rotatable bonds is 9. The van der Waals surface area contributed by atoms with Crippen molar-refractivity contribution in [1.82, 2.24) is 10.2 Å². The van der Waals surface area contributed by atoms with Crippen LogP contribution < -0.4 is 11.1 Å². The van der Waals surface area contributed by atoms with Gasteiger partial charge in [-0.15, -0.1) is 0 Å². The molecule has 142 valence electrons. The highest BCUT2D eigenvalue weighted by Crippen LogP contribution is 2.17. The van der Waals surface area contributed by atoms with Gasteiger partial charge in [-0.25, -0.2) is 4.79 Å². The minimum absolute atomic E-state index is 0.0859. The second kappa shape index (κ2) is 9.47. The van der Waals surface area contributed by atoms with Gasteiger partial charge in [-0.2, -0.15) is 0 Å². The molecule has 5 N–H and O–H groups in total. The maximum Gasteiger partial charge on any atom is 0.326 e. The van der Waals surface area contributed by atoms with Crippen LogP contribution in [0.1, 0.15) is 46.0 Å². The third-order valence-electron chi connectivity index (χ3n) is 4.10. The number of hydrogen-bond donors (Lipinski definition) is 4. The molecule has 3 atom stereocenters. The van der Waals surface area contributed by atoms with Crippen LogP contribution in [0.25, 0.3) is 0 Å². The number of carbonyl (C=O) groups excluding carboxylic acids is 2. The molecule has 1 heterocycles. The minimum atomic E-state index is -1.54. The number of nitrogens with one attached hydrogen (secondary N) is 1. The molecule has 1 aliphatic rings. The fraction of sp³-hybridized carbons (Fsp3) is 0.750. The zero-order valence-corrected chi connectivity index (χ0v) is 14.6. The summed E-state index contributed by atoms with van der Waals surface area (Å²) in [6.45, 7) is 4.32. The lowest BCUT2D eigenvalue weighted by Gasteiger charge is -2.31. The summed E-state index contributed by atoms with van der Waals surface area (Å²) in [4.78, 5) is 48.5. The smallest absolute Gasteiger partial charge is 0.326 e. The van der Waals surface area contributed by atoms with Crippen LogP contribution in [0.3, 0.4) is 0 Å². The van der Waals surface area contributed by atoms with E-state index in [0.717, 1.165) is 6.42 Å². The summed E-state index contributed by atoms with van der Waals surface area (Å²) < 4.78 is 0. The van der Waals surface area contributed by atoms with Crippen molar-refractivity contribution in [3.05, 3.63) is 0 Å². The molecule has 2 amide bonds. The van der Waals surface area contributed by atoms with Gasteiger partial charge in [-0.3, -0.25) is 19.3 Å². The molecule has 25 heavy (non-hydrogen) atoms. The number of carbonyl (C=O) groups is 4. The van der Waals surface area contributed by atoms with Crippen LogP contribution in [0.2, 0.25) is 0 Å². The van der Waals surface area contributed by atoms with Gasteiger partial charge in [-0.1, -0.05) is 13.8 Å². The molecule has 0 spiro atoms. The van der Waals surface area contributed by atoms with Crippen molar-refractivity contribution in [3.8, 4) is 0 Å². The molecule has 1 rings (SSSR count). The average Bonchev–Trinajstić information content (AvgIpc) is 3.03. The van der Waals surface area contributed by atoms with E-state index < -0.39 is 48.3 Å². The standard InChI is InChI=1S/C16H27N3O6/c1-9(2)8-10(17)14(22)19(15(23)11-4-3-7-18-11)12(16(24)25)5-6-13(20)21/h9-12,18H,3-8,17H2,1-2H3,(H,20,21)(H,24,25). The summed E-state index contributed by atoms with van der Waals surface area (Å²) in [5.74, 6) is -3.96. The van der Waals surface area contributed by atoms with Gasteiger partial charge in [0.15, 0.2) is 0 Å². The Labute approximate surface area is 146 Å². The lowest BCUT2D eigenvalue weighted by molar-refractivity contribution is -0.160. The highest BCUT2D eigenvalue weighted by molar-refractivity contribution is 6.03. The fourth-order valence-electron chi connectivity index (χ4n) is 2.89. The molecular weight excluding hydrogens is 330 g/mol. The molecule has 9 nitrogen and oxygen atoms in total. The number of carboxylic acids is 2. The van der Waals surface area contributed by atoms with Crippen LogP contribution in [0.15, 0.2) is 0 Å². The summed E-state index contributed by atoms with van der Waals surface area (Å²) in [6, 6.07) is -3.21. The Morgan fingerprint density at radius 3 is 2.32 bits per heavy atom. The number of carboxylic acid groups (broad SMARTS) is 2. The summed E-state index contributed by atoms with van der Waals surface area (Å²) in [5.41, 5.74) is 5.88. The molecule has 0 bridgehead atoms. The minimum Gasteiger partial charge on any atom is -0.481 e. The molecule has 0 aromatic rings. The number of amides is 2. The predicted molar refractivity (Wildman–Crippen MR) is 88.6 cm³/mol. The maximum absolute atomic E-state index is 12.7. The molecule has 0 radical (unpaired) electrons. The van der Waals surface area contributed by atoms with E-state index >= 15 is 0 Å². The Bertz CT molecular complexity index is 516. The van der Waals surface area contributed by atoms with E-state index in [2.05, 4.69) is 5.32 Å². The van der Waals surface area contributed by atoms with E-state index in [1.807, 2.05) is 13.8 Å². The normalized spacial score (nSPS) is 19.4. The molecular formula is C16H27N3O6. The Hall–Kier alpha value is -2.00. The van der Waals surface area contributed by atoms with Gasteiger partial charge in [0.25, 0.3) is 0 Å². The summed E-state index contributed by atoms with van der Waals surface area (Å²) in [6.07, 6.45) is 0.706. The van der Waals surface area contributed by atoms with Crippen molar-refractivity contribution in [2.24, 2.45) is 11.7 Å². The monoisotopic (exact) mass is 357 g/mol. The third kappa shape index (κ3) is 6.09. The largest absolute Gasteiger partial charge is 0.481 e. The summed E-state index contributed by atoms with van der Waals surface area (Å²) in [7, 11) is 0. The van der Waals surface area contributed by atoms with Crippen LogP contribution in [0.4, 0.5) is 0 Å². The van der Waals surface area contributed by atoms with Gasteiger partial charge in [-0.05, 0) is 38.1 Å². The molecule has 9 heteroatoms. The second-order valence-electron chi connectivity index (χ2n) is 6.72. The van der Waals surface area contributed by atoms with Gasteiger partial charge in [0, 0.05) is 6.42 Å². The number of imide groups is 1. The first kappa shape index (κ1) is 21.0. The van der Waals surface area contributed by atoms with E-state index in [-0.39, 0.29) is 12.3 Å². The maximum atomic E-state index is 12.7. The molecule has 1 saturated heterocycles. The fourth-order valence-corrected chi connectivity index (χ4v) is 2.89. The Morgan fingerprint density at radius 1 is 1.24 bits per heavy atom. The van der Waals surface area contributed by atoms with Crippen molar-refractivity contribution in [2.45, 2.75) is 64.1 Å². The third-order valence-corrected chi connectivity index (χ3v) is 4.10. The van der Waals surface area contributed by atoms with Gasteiger partial charge in [0.05, 0.1) is 12.1 Å². The first-order chi connectivity index (χ1) is 11.6. The topological polar surface area (TPSA) is 150 Å². The second-order valence-corrected chi connectivity index (χ2v) is 6.72. The molecule has 0 saturated carbocycles. The van der Waals surface area contributed by atoms with Gasteiger partial charge in [0.1, 0.15) is 6.04 Å². The predicted octanol–water partition coefficient (Wildman–Crippen LogP) is -0.215.